The summed E-state index contributed by atoms with van der Waals surface area (Å²) in [7, 11) is 0. The molecule has 2 heterocycles. The van der Waals surface area contributed by atoms with Crippen LogP contribution in [0.25, 0.3) is 6.08 Å². The number of hydrogen-bond donors (Lipinski definition) is 0. The second-order valence-corrected chi connectivity index (χ2v) is 5.86. The third-order valence-electron chi connectivity index (χ3n) is 2.45. The lowest BCUT2D eigenvalue weighted by Gasteiger charge is -2.10. The first-order chi connectivity index (χ1) is 9.15. The van der Waals surface area contributed by atoms with Gasteiger partial charge in [-0.3, -0.25) is 14.4 Å². The maximum atomic E-state index is 12.1. The van der Waals surface area contributed by atoms with Crippen molar-refractivity contribution in [2.75, 3.05) is 12.4 Å². The molecule has 1 amide bonds. The van der Waals surface area contributed by atoms with E-state index < -0.39 is 0 Å². The minimum Gasteiger partial charge on any atom is -0.289 e. The van der Waals surface area contributed by atoms with Crippen LogP contribution in [0.4, 0.5) is 0 Å². The Morgan fingerprint density at radius 2 is 2.37 bits per heavy atom. The normalized spacial score (nSPS) is 17.5. The van der Waals surface area contributed by atoms with Gasteiger partial charge in [0, 0.05) is 24.2 Å². The van der Waals surface area contributed by atoms with E-state index in [2.05, 4.69) is 11.7 Å². The van der Waals surface area contributed by atoms with E-state index in [0.717, 1.165) is 5.56 Å². The quantitative estimate of drug-likeness (QED) is 0.362. The highest BCUT2D eigenvalue weighted by Gasteiger charge is 2.30. The van der Waals surface area contributed by atoms with Gasteiger partial charge in [-0.05, 0) is 6.08 Å². The summed E-state index contributed by atoms with van der Waals surface area (Å²) < 4.78 is 2.30. The van der Waals surface area contributed by atoms with Crippen molar-refractivity contribution in [1.29, 1.82) is 0 Å². The molecule has 1 saturated heterocycles. The molecule has 0 atom stereocenters. The zero-order valence-electron chi connectivity index (χ0n) is 10.1. The smallest absolute Gasteiger partial charge is 0.266 e. The molecule has 0 bridgehead atoms. The van der Waals surface area contributed by atoms with E-state index in [0.29, 0.717) is 28.2 Å². The number of carbonyl (C=O) groups is 1. The molecule has 0 saturated carbocycles. The number of amides is 1. The fourth-order valence-corrected chi connectivity index (χ4v) is 3.05. The number of alkyl halides is 1. The number of rotatable bonds is 5. The summed E-state index contributed by atoms with van der Waals surface area (Å²) in [5, 5.41) is 4.15. The first-order valence-corrected chi connectivity index (χ1v) is 7.36. The molecule has 0 N–H and O–H groups in total. The predicted octanol–water partition coefficient (Wildman–Crippen LogP) is 2.51. The summed E-state index contributed by atoms with van der Waals surface area (Å²) in [5.74, 6) is 0.419. The van der Waals surface area contributed by atoms with Gasteiger partial charge in [0.2, 0.25) is 0 Å². The van der Waals surface area contributed by atoms with Crippen LogP contribution < -0.4 is 0 Å². The van der Waals surface area contributed by atoms with Gasteiger partial charge in [-0.1, -0.05) is 30.1 Å². The van der Waals surface area contributed by atoms with Crippen molar-refractivity contribution in [2.45, 2.75) is 6.54 Å². The number of halogens is 1. The van der Waals surface area contributed by atoms with Crippen LogP contribution in [0.1, 0.15) is 5.56 Å². The first kappa shape index (κ1) is 14.3. The highest BCUT2D eigenvalue weighted by atomic mass is 35.5. The van der Waals surface area contributed by atoms with Crippen molar-refractivity contribution in [1.82, 2.24) is 14.7 Å². The number of nitrogens with zero attached hydrogens (tertiary/aromatic N) is 3. The number of carbonyl (C=O) groups excluding carboxylic acids is 1. The van der Waals surface area contributed by atoms with Crippen LogP contribution in [0.15, 0.2) is 30.0 Å². The van der Waals surface area contributed by atoms with Gasteiger partial charge in [0.15, 0.2) is 0 Å². The van der Waals surface area contributed by atoms with E-state index in [-0.39, 0.29) is 5.91 Å². The van der Waals surface area contributed by atoms with Gasteiger partial charge < -0.3 is 0 Å². The lowest BCUT2D eigenvalue weighted by Crippen LogP contribution is -2.27. The van der Waals surface area contributed by atoms with Crippen LogP contribution in [-0.2, 0) is 11.3 Å². The van der Waals surface area contributed by atoms with Gasteiger partial charge in [0.25, 0.3) is 5.91 Å². The van der Waals surface area contributed by atoms with Gasteiger partial charge in [-0.25, -0.2) is 0 Å². The van der Waals surface area contributed by atoms with Gasteiger partial charge >= 0.3 is 0 Å². The van der Waals surface area contributed by atoms with Crippen molar-refractivity contribution < 1.29 is 4.79 Å². The Labute approximate surface area is 126 Å². The van der Waals surface area contributed by atoms with Gasteiger partial charge in [-0.2, -0.15) is 5.10 Å². The monoisotopic (exact) mass is 313 g/mol. The number of hydrogen-bond acceptors (Lipinski definition) is 4. The SMILES string of the molecule is C=CCN1C(=O)/C(=C/c2cnn(CCCl)c2)SC1=S. The molecule has 0 unspecified atom stereocenters. The maximum Gasteiger partial charge on any atom is 0.266 e. The van der Waals surface area contributed by atoms with Crippen LogP contribution in [0.3, 0.4) is 0 Å². The maximum absolute atomic E-state index is 12.1. The van der Waals surface area contributed by atoms with Crippen molar-refractivity contribution in [3.8, 4) is 0 Å². The van der Waals surface area contributed by atoms with E-state index in [1.165, 1.54) is 16.7 Å². The van der Waals surface area contributed by atoms with E-state index in [1.807, 2.05) is 6.20 Å². The molecule has 19 heavy (non-hydrogen) atoms. The second-order valence-electron chi connectivity index (χ2n) is 3.81. The topological polar surface area (TPSA) is 38.1 Å². The first-order valence-electron chi connectivity index (χ1n) is 5.60. The van der Waals surface area contributed by atoms with Crippen molar-refractivity contribution >= 4 is 51.9 Å². The minimum atomic E-state index is -0.0833. The summed E-state index contributed by atoms with van der Waals surface area (Å²) in [6.45, 7) is 4.70. The van der Waals surface area contributed by atoms with Crippen molar-refractivity contribution in [2.24, 2.45) is 0 Å². The Hall–Kier alpha value is -1.11. The average Bonchev–Trinajstić information content (AvgIpc) is 2.91. The molecule has 0 aliphatic carbocycles. The second kappa shape index (κ2) is 6.36. The van der Waals surface area contributed by atoms with Crippen LogP contribution in [-0.4, -0.2) is 37.3 Å². The zero-order valence-corrected chi connectivity index (χ0v) is 12.5. The Kier molecular flexibility index (Phi) is 4.79. The summed E-state index contributed by atoms with van der Waals surface area (Å²) in [4.78, 5) is 14.2. The third kappa shape index (κ3) is 3.26. The molecule has 0 radical (unpaired) electrons. The number of aryl methyl sites for hydroxylation is 1. The Morgan fingerprint density at radius 1 is 1.58 bits per heavy atom. The molecule has 4 nitrogen and oxygen atoms in total. The van der Waals surface area contributed by atoms with Crippen molar-refractivity contribution in [3.63, 3.8) is 0 Å². The molecule has 1 fully saturated rings. The van der Waals surface area contributed by atoms with E-state index in [4.69, 9.17) is 23.8 Å². The molecule has 0 spiro atoms. The molecule has 1 aromatic heterocycles. The minimum absolute atomic E-state index is 0.0833. The number of aromatic nitrogens is 2. The number of thioether (sulfide) groups is 1. The summed E-state index contributed by atoms with van der Waals surface area (Å²) >= 11 is 12.1. The Balaban J connectivity index is 2.17. The van der Waals surface area contributed by atoms with E-state index in [1.54, 1.807) is 23.0 Å². The molecular weight excluding hydrogens is 302 g/mol. The van der Waals surface area contributed by atoms with E-state index in [9.17, 15) is 4.79 Å². The molecule has 2 rings (SSSR count). The highest BCUT2D eigenvalue weighted by molar-refractivity contribution is 8.26. The predicted molar refractivity (Wildman–Crippen MR) is 83.0 cm³/mol. The fourth-order valence-electron chi connectivity index (χ4n) is 1.60. The van der Waals surface area contributed by atoms with Gasteiger partial charge in [-0.15, -0.1) is 18.2 Å². The summed E-state index contributed by atoms with van der Waals surface area (Å²) in [5.41, 5.74) is 0.865. The van der Waals surface area contributed by atoms with E-state index >= 15 is 0 Å². The molecule has 100 valence electrons. The highest BCUT2D eigenvalue weighted by Crippen LogP contribution is 2.32. The third-order valence-corrected chi connectivity index (χ3v) is 4.00. The lowest BCUT2D eigenvalue weighted by molar-refractivity contribution is -0.121. The Morgan fingerprint density at radius 3 is 3.05 bits per heavy atom. The fraction of sp³-hybridized carbons (Fsp3) is 0.250. The summed E-state index contributed by atoms with van der Waals surface area (Å²) in [6.07, 6.45) is 7.00. The largest absolute Gasteiger partial charge is 0.289 e. The number of thiocarbonyl (C=S) groups is 1. The lowest BCUT2D eigenvalue weighted by atomic mass is 10.3. The summed E-state index contributed by atoms with van der Waals surface area (Å²) in [6, 6.07) is 0. The standard InChI is InChI=1S/C12H12ClN3OS2/c1-2-4-16-11(17)10(19-12(16)18)6-9-7-14-15(8-9)5-3-13/h2,6-8H,1,3-5H2/b10-6-. The Bertz CT molecular complexity index is 553. The van der Waals surface area contributed by atoms with Crippen LogP contribution in [0, 0.1) is 0 Å². The van der Waals surface area contributed by atoms with Crippen LogP contribution >= 0.6 is 35.6 Å². The van der Waals surface area contributed by atoms with Crippen LogP contribution in [0.5, 0.6) is 0 Å². The van der Waals surface area contributed by atoms with Crippen molar-refractivity contribution in [3.05, 3.63) is 35.5 Å². The molecule has 0 aromatic carbocycles. The molecule has 1 aliphatic rings. The van der Waals surface area contributed by atoms with Crippen LogP contribution in [0.2, 0.25) is 0 Å². The zero-order chi connectivity index (χ0) is 13.8. The molecular formula is C12H12ClN3OS2. The molecule has 7 heteroatoms. The average molecular weight is 314 g/mol. The molecule has 1 aliphatic heterocycles. The van der Waals surface area contributed by atoms with Gasteiger partial charge in [0.05, 0.1) is 17.6 Å². The molecule has 1 aromatic rings. The van der Waals surface area contributed by atoms with Gasteiger partial charge in [0.1, 0.15) is 4.32 Å².